The number of rotatable bonds is 4. The predicted molar refractivity (Wildman–Crippen MR) is 80.7 cm³/mol. The molecular weight excluding hydrogens is 254 g/mol. The zero-order valence-electron chi connectivity index (χ0n) is 11.2. The van der Waals surface area contributed by atoms with Crippen molar-refractivity contribution in [2.24, 2.45) is 0 Å². The van der Waals surface area contributed by atoms with E-state index in [9.17, 15) is 0 Å². The lowest BCUT2D eigenvalue weighted by Gasteiger charge is -2.00. The number of hydrogen-bond acceptors (Lipinski definition) is 3. The van der Waals surface area contributed by atoms with E-state index in [1.807, 2.05) is 11.7 Å². The second kappa shape index (κ2) is 5.15. The first kappa shape index (κ1) is 12.4. The molecule has 0 aliphatic rings. The Morgan fingerprint density at radius 2 is 2.11 bits per heavy atom. The molecule has 3 rings (SSSR count). The fourth-order valence-electron chi connectivity index (χ4n) is 2.33. The molecule has 98 valence electrons. The van der Waals surface area contributed by atoms with Crippen molar-refractivity contribution in [3.63, 3.8) is 0 Å². The lowest BCUT2D eigenvalue weighted by molar-refractivity contribution is 0.683. The third-order valence-corrected chi connectivity index (χ3v) is 4.32. The van der Waals surface area contributed by atoms with Crippen molar-refractivity contribution in [2.45, 2.75) is 20.0 Å². The van der Waals surface area contributed by atoms with Crippen LogP contribution in [0.3, 0.4) is 0 Å². The molecule has 2 heterocycles. The minimum absolute atomic E-state index is 0.842. The number of nitrogens with one attached hydrogen (secondary N) is 1. The molecule has 0 fully saturated rings. The Bertz CT molecular complexity index is 696. The van der Waals surface area contributed by atoms with Crippen molar-refractivity contribution >= 4 is 21.4 Å². The molecule has 1 N–H and O–H groups in total. The molecule has 0 unspecified atom stereocenters. The number of benzene rings is 1. The van der Waals surface area contributed by atoms with Gasteiger partial charge in [-0.3, -0.25) is 4.68 Å². The van der Waals surface area contributed by atoms with Gasteiger partial charge in [-0.2, -0.15) is 5.10 Å². The maximum atomic E-state index is 4.59. The monoisotopic (exact) mass is 271 g/mol. The lowest BCUT2D eigenvalue weighted by Crippen LogP contribution is -2.05. The van der Waals surface area contributed by atoms with Crippen molar-refractivity contribution in [1.82, 2.24) is 15.1 Å². The third-order valence-electron chi connectivity index (χ3n) is 3.31. The van der Waals surface area contributed by atoms with Gasteiger partial charge in [0.05, 0.1) is 12.2 Å². The van der Waals surface area contributed by atoms with E-state index < -0.39 is 0 Å². The van der Waals surface area contributed by atoms with Crippen LogP contribution >= 0.6 is 11.3 Å². The van der Waals surface area contributed by atoms with Crippen molar-refractivity contribution in [3.05, 3.63) is 52.7 Å². The van der Waals surface area contributed by atoms with Gasteiger partial charge in [0.2, 0.25) is 0 Å². The van der Waals surface area contributed by atoms with Crippen molar-refractivity contribution in [3.8, 4) is 0 Å². The molecule has 0 aliphatic heterocycles. The van der Waals surface area contributed by atoms with E-state index in [1.165, 1.54) is 21.2 Å². The van der Waals surface area contributed by atoms with E-state index in [2.05, 4.69) is 53.2 Å². The van der Waals surface area contributed by atoms with Crippen molar-refractivity contribution in [1.29, 1.82) is 0 Å². The highest BCUT2D eigenvalue weighted by molar-refractivity contribution is 7.17. The lowest BCUT2D eigenvalue weighted by atomic mass is 10.2. The van der Waals surface area contributed by atoms with Crippen LogP contribution in [0.15, 0.2) is 35.8 Å². The minimum atomic E-state index is 0.842. The summed E-state index contributed by atoms with van der Waals surface area (Å²) in [6.45, 7) is 3.78. The number of aryl methyl sites for hydroxylation is 1. The highest BCUT2D eigenvalue weighted by atomic mass is 32.1. The normalized spacial score (nSPS) is 11.3. The molecule has 0 amide bonds. The van der Waals surface area contributed by atoms with Gasteiger partial charge in [-0.25, -0.2) is 0 Å². The standard InChI is InChI=1S/C15H17N3S/c1-11-12(7-16-2)8-18(17-11)9-13-10-19-15-6-4-3-5-14(13)15/h3-6,8,10,16H,7,9H2,1-2H3. The smallest absolute Gasteiger partial charge is 0.0673 e. The van der Waals surface area contributed by atoms with Crippen molar-refractivity contribution in [2.75, 3.05) is 7.05 Å². The molecule has 0 saturated carbocycles. The van der Waals surface area contributed by atoms with E-state index in [4.69, 9.17) is 0 Å². The van der Waals surface area contributed by atoms with Crippen LogP contribution in [0.1, 0.15) is 16.8 Å². The Morgan fingerprint density at radius 1 is 1.26 bits per heavy atom. The van der Waals surface area contributed by atoms with Gasteiger partial charge in [-0.15, -0.1) is 11.3 Å². The van der Waals surface area contributed by atoms with E-state index in [0.29, 0.717) is 0 Å². The predicted octanol–water partition coefficient (Wildman–Crippen LogP) is 3.17. The molecule has 3 nitrogen and oxygen atoms in total. The zero-order valence-corrected chi connectivity index (χ0v) is 12.0. The maximum absolute atomic E-state index is 4.59. The van der Waals surface area contributed by atoms with Gasteiger partial charge in [0.25, 0.3) is 0 Å². The molecule has 4 heteroatoms. The number of aromatic nitrogens is 2. The van der Waals surface area contributed by atoms with Gasteiger partial charge >= 0.3 is 0 Å². The Balaban J connectivity index is 1.90. The van der Waals surface area contributed by atoms with Gasteiger partial charge in [0.15, 0.2) is 0 Å². The van der Waals surface area contributed by atoms with Gasteiger partial charge in [-0.1, -0.05) is 18.2 Å². The first-order valence-electron chi connectivity index (χ1n) is 6.40. The second-order valence-electron chi connectivity index (χ2n) is 4.72. The SMILES string of the molecule is CNCc1cn(Cc2csc3ccccc23)nc1C. The van der Waals surface area contributed by atoms with E-state index >= 15 is 0 Å². The van der Waals surface area contributed by atoms with Crippen LogP contribution in [0.25, 0.3) is 10.1 Å². The molecule has 19 heavy (non-hydrogen) atoms. The first-order valence-corrected chi connectivity index (χ1v) is 7.28. The summed E-state index contributed by atoms with van der Waals surface area (Å²) in [7, 11) is 1.96. The third kappa shape index (κ3) is 2.41. The Morgan fingerprint density at radius 3 is 2.95 bits per heavy atom. The summed E-state index contributed by atoms with van der Waals surface area (Å²) >= 11 is 1.80. The van der Waals surface area contributed by atoms with E-state index in [1.54, 1.807) is 11.3 Å². The van der Waals surface area contributed by atoms with Gasteiger partial charge in [-0.05, 0) is 36.4 Å². The van der Waals surface area contributed by atoms with Gasteiger partial charge < -0.3 is 5.32 Å². The van der Waals surface area contributed by atoms with Crippen LogP contribution in [0.2, 0.25) is 0 Å². The average Bonchev–Trinajstić information content (AvgIpc) is 2.96. The summed E-state index contributed by atoms with van der Waals surface area (Å²) in [4.78, 5) is 0. The van der Waals surface area contributed by atoms with Crippen LogP contribution < -0.4 is 5.32 Å². The molecule has 3 aromatic rings. The summed E-state index contributed by atoms with van der Waals surface area (Å²) < 4.78 is 3.38. The van der Waals surface area contributed by atoms with Gasteiger partial charge in [0.1, 0.15) is 0 Å². The van der Waals surface area contributed by atoms with E-state index in [-0.39, 0.29) is 0 Å². The summed E-state index contributed by atoms with van der Waals surface area (Å²) in [5.74, 6) is 0. The van der Waals surface area contributed by atoms with Crippen molar-refractivity contribution < 1.29 is 0 Å². The summed E-state index contributed by atoms with van der Waals surface area (Å²) in [6.07, 6.45) is 2.14. The number of nitrogens with zero attached hydrogens (tertiary/aromatic N) is 2. The quantitative estimate of drug-likeness (QED) is 0.790. The molecule has 2 aromatic heterocycles. The minimum Gasteiger partial charge on any atom is -0.316 e. The second-order valence-corrected chi connectivity index (χ2v) is 5.64. The highest BCUT2D eigenvalue weighted by Gasteiger charge is 2.07. The van der Waals surface area contributed by atoms with Crippen LogP contribution in [0.5, 0.6) is 0 Å². The molecule has 0 atom stereocenters. The zero-order chi connectivity index (χ0) is 13.2. The van der Waals surface area contributed by atoms with E-state index in [0.717, 1.165) is 18.8 Å². The Kier molecular flexibility index (Phi) is 3.36. The molecule has 1 aromatic carbocycles. The maximum Gasteiger partial charge on any atom is 0.0673 e. The summed E-state index contributed by atoms with van der Waals surface area (Å²) in [6, 6.07) is 8.54. The molecule has 0 spiro atoms. The number of fused-ring (bicyclic) bond motifs is 1. The molecule has 0 bridgehead atoms. The fraction of sp³-hybridized carbons (Fsp3) is 0.267. The average molecular weight is 271 g/mol. The Labute approximate surface area is 116 Å². The van der Waals surface area contributed by atoms with Crippen LogP contribution in [-0.4, -0.2) is 16.8 Å². The van der Waals surface area contributed by atoms with Crippen LogP contribution in [0.4, 0.5) is 0 Å². The van der Waals surface area contributed by atoms with Gasteiger partial charge in [0, 0.05) is 23.0 Å². The molecule has 0 radical (unpaired) electrons. The van der Waals surface area contributed by atoms with Crippen LogP contribution in [0, 0.1) is 6.92 Å². The largest absolute Gasteiger partial charge is 0.316 e. The fourth-order valence-corrected chi connectivity index (χ4v) is 3.29. The van der Waals surface area contributed by atoms with Crippen LogP contribution in [-0.2, 0) is 13.1 Å². The summed E-state index contributed by atoms with van der Waals surface area (Å²) in [5, 5.41) is 11.3. The molecule has 0 saturated heterocycles. The first-order chi connectivity index (χ1) is 9.28. The molecule has 0 aliphatic carbocycles. The topological polar surface area (TPSA) is 29.9 Å². The molecular formula is C15H17N3S. The highest BCUT2D eigenvalue weighted by Crippen LogP contribution is 2.26. The number of hydrogen-bond donors (Lipinski definition) is 1. The number of thiophene rings is 1. The Hall–Kier alpha value is -1.65. The summed E-state index contributed by atoms with van der Waals surface area (Å²) in [5.41, 5.74) is 3.72.